The van der Waals surface area contributed by atoms with Gasteiger partial charge in [-0.3, -0.25) is 4.79 Å². The van der Waals surface area contributed by atoms with E-state index in [1.54, 1.807) is 47.4 Å². The number of rotatable bonds is 5. The van der Waals surface area contributed by atoms with Gasteiger partial charge in [0.05, 0.1) is 16.8 Å². The maximum Gasteiger partial charge on any atom is 0.241 e. The van der Waals surface area contributed by atoms with Crippen LogP contribution in [0.25, 0.3) is 5.69 Å². The molecule has 0 radical (unpaired) electrons. The van der Waals surface area contributed by atoms with Crippen LogP contribution in [0.4, 0.5) is 5.69 Å². The van der Waals surface area contributed by atoms with E-state index in [9.17, 15) is 4.79 Å². The molecule has 1 aromatic carbocycles. The molecule has 104 valence electrons. The molecule has 0 fully saturated rings. The summed E-state index contributed by atoms with van der Waals surface area (Å²) < 4.78 is 1.59. The molecule has 1 amide bonds. The van der Waals surface area contributed by atoms with Crippen LogP contribution in [0.5, 0.6) is 0 Å². The summed E-state index contributed by atoms with van der Waals surface area (Å²) in [5.41, 5.74) is 6.91. The lowest BCUT2D eigenvalue weighted by Gasteiger charge is -2.15. The molecule has 1 aromatic heterocycles. The number of hydrogen-bond acceptors (Lipinski definition) is 3. The van der Waals surface area contributed by atoms with Gasteiger partial charge in [0.2, 0.25) is 5.91 Å². The van der Waals surface area contributed by atoms with E-state index in [0.717, 1.165) is 0 Å². The van der Waals surface area contributed by atoms with Crippen molar-refractivity contribution in [3.63, 3.8) is 0 Å². The number of nitrogens with zero attached hydrogens (tertiary/aromatic N) is 2. The minimum absolute atomic E-state index is 0.291. The lowest BCUT2D eigenvalue weighted by Crippen LogP contribution is -2.35. The minimum atomic E-state index is -0.642. The van der Waals surface area contributed by atoms with Crippen molar-refractivity contribution in [1.82, 2.24) is 9.78 Å². The highest BCUT2D eigenvalue weighted by Gasteiger charge is 2.16. The Morgan fingerprint density at radius 1 is 1.55 bits per heavy atom. The van der Waals surface area contributed by atoms with Crippen molar-refractivity contribution in [2.45, 2.75) is 12.5 Å². The van der Waals surface area contributed by atoms with Crippen molar-refractivity contribution < 1.29 is 4.79 Å². The Morgan fingerprint density at radius 2 is 2.35 bits per heavy atom. The summed E-state index contributed by atoms with van der Waals surface area (Å²) in [6.07, 6.45) is 5.40. The second kappa shape index (κ2) is 6.36. The number of anilines is 1. The first-order valence-corrected chi connectivity index (χ1v) is 6.47. The number of nitrogens with one attached hydrogen (secondary N) is 1. The van der Waals surface area contributed by atoms with Crippen LogP contribution < -0.4 is 11.1 Å². The van der Waals surface area contributed by atoms with Gasteiger partial charge in [0.25, 0.3) is 0 Å². The SMILES string of the molecule is C=CCC(N)C(=O)Nc1cccc(Cl)c1-n1cccn1. The highest BCUT2D eigenvalue weighted by atomic mass is 35.5. The van der Waals surface area contributed by atoms with Gasteiger partial charge in [-0.1, -0.05) is 23.7 Å². The van der Waals surface area contributed by atoms with E-state index in [-0.39, 0.29) is 5.91 Å². The van der Waals surface area contributed by atoms with Crippen LogP contribution in [0.2, 0.25) is 5.02 Å². The van der Waals surface area contributed by atoms with Gasteiger partial charge >= 0.3 is 0 Å². The number of hydrogen-bond donors (Lipinski definition) is 2. The van der Waals surface area contributed by atoms with E-state index in [1.165, 1.54) is 0 Å². The quantitative estimate of drug-likeness (QED) is 0.830. The average Bonchev–Trinajstić information content (AvgIpc) is 2.92. The number of para-hydroxylation sites is 1. The van der Waals surface area contributed by atoms with Crippen LogP contribution in [0.3, 0.4) is 0 Å². The number of halogens is 1. The van der Waals surface area contributed by atoms with Crippen LogP contribution in [-0.2, 0) is 4.79 Å². The fourth-order valence-electron chi connectivity index (χ4n) is 1.76. The van der Waals surface area contributed by atoms with Crippen molar-refractivity contribution in [3.8, 4) is 5.69 Å². The molecule has 5 nitrogen and oxygen atoms in total. The molecule has 1 atom stereocenters. The molecular weight excluding hydrogens is 276 g/mol. The number of amides is 1. The standard InChI is InChI=1S/C14H15ClN4O/c1-2-5-11(16)14(20)18-12-7-3-6-10(15)13(12)19-9-4-8-17-19/h2-4,6-9,11H,1,5,16H2,(H,18,20). The number of nitrogens with two attached hydrogens (primary N) is 1. The molecule has 0 saturated carbocycles. The number of carbonyl (C=O) groups is 1. The Labute approximate surface area is 122 Å². The van der Waals surface area contributed by atoms with Crippen molar-refractivity contribution in [2.75, 3.05) is 5.32 Å². The molecule has 0 saturated heterocycles. The largest absolute Gasteiger partial charge is 0.323 e. The summed E-state index contributed by atoms with van der Waals surface area (Å²) in [7, 11) is 0. The summed E-state index contributed by atoms with van der Waals surface area (Å²) in [6, 6.07) is 6.37. The van der Waals surface area contributed by atoms with Crippen molar-refractivity contribution in [3.05, 3.63) is 54.3 Å². The molecule has 0 aliphatic rings. The second-order valence-electron chi connectivity index (χ2n) is 4.21. The van der Waals surface area contributed by atoms with E-state index in [4.69, 9.17) is 17.3 Å². The van der Waals surface area contributed by atoms with Crippen molar-refractivity contribution in [2.24, 2.45) is 5.73 Å². The van der Waals surface area contributed by atoms with Crippen molar-refractivity contribution >= 4 is 23.2 Å². The van der Waals surface area contributed by atoms with Crippen LogP contribution >= 0.6 is 11.6 Å². The third-order valence-corrected chi connectivity index (χ3v) is 3.04. The van der Waals surface area contributed by atoms with Gasteiger partial charge in [-0.15, -0.1) is 6.58 Å². The fraction of sp³-hybridized carbons (Fsp3) is 0.143. The molecule has 2 rings (SSSR count). The first-order valence-electron chi connectivity index (χ1n) is 6.09. The predicted octanol–water partition coefficient (Wildman–Crippen LogP) is 2.37. The van der Waals surface area contributed by atoms with Gasteiger partial charge in [-0.05, 0) is 24.6 Å². The molecule has 0 aliphatic carbocycles. The van der Waals surface area contributed by atoms with E-state index in [1.807, 2.05) is 0 Å². The van der Waals surface area contributed by atoms with Gasteiger partial charge in [0, 0.05) is 12.4 Å². The predicted molar refractivity (Wildman–Crippen MR) is 80.0 cm³/mol. The van der Waals surface area contributed by atoms with Gasteiger partial charge < -0.3 is 11.1 Å². The van der Waals surface area contributed by atoms with Crippen LogP contribution in [0, 0.1) is 0 Å². The average molecular weight is 291 g/mol. The molecule has 6 heteroatoms. The maximum absolute atomic E-state index is 12.0. The van der Waals surface area contributed by atoms with Crippen LogP contribution in [-0.4, -0.2) is 21.7 Å². The van der Waals surface area contributed by atoms with E-state index in [0.29, 0.717) is 22.8 Å². The Hall–Kier alpha value is -2.11. The molecule has 2 aromatic rings. The molecule has 1 heterocycles. The van der Waals surface area contributed by atoms with Gasteiger partial charge in [0.15, 0.2) is 0 Å². The summed E-state index contributed by atoms with van der Waals surface area (Å²) in [5.74, 6) is -0.291. The van der Waals surface area contributed by atoms with Gasteiger partial charge in [0.1, 0.15) is 5.69 Å². The van der Waals surface area contributed by atoms with Gasteiger partial charge in [-0.2, -0.15) is 5.10 Å². The Kier molecular flexibility index (Phi) is 4.55. The molecule has 3 N–H and O–H groups in total. The number of carbonyl (C=O) groups excluding carboxylic acids is 1. The first kappa shape index (κ1) is 14.3. The topological polar surface area (TPSA) is 72.9 Å². The molecule has 1 unspecified atom stereocenters. The smallest absolute Gasteiger partial charge is 0.241 e. The highest BCUT2D eigenvalue weighted by Crippen LogP contribution is 2.28. The maximum atomic E-state index is 12.0. The third-order valence-electron chi connectivity index (χ3n) is 2.74. The highest BCUT2D eigenvalue weighted by molar-refractivity contribution is 6.33. The zero-order valence-electron chi connectivity index (χ0n) is 10.8. The summed E-state index contributed by atoms with van der Waals surface area (Å²) >= 11 is 6.19. The van der Waals surface area contributed by atoms with Crippen molar-refractivity contribution in [1.29, 1.82) is 0 Å². The third kappa shape index (κ3) is 3.07. The summed E-state index contributed by atoms with van der Waals surface area (Å²) in [5, 5.41) is 7.39. The zero-order chi connectivity index (χ0) is 14.5. The van der Waals surface area contributed by atoms with Crippen LogP contribution in [0.1, 0.15) is 6.42 Å². The lowest BCUT2D eigenvalue weighted by molar-refractivity contribution is -0.117. The van der Waals surface area contributed by atoms with E-state index in [2.05, 4.69) is 17.0 Å². The Morgan fingerprint density at radius 3 is 3.00 bits per heavy atom. The zero-order valence-corrected chi connectivity index (χ0v) is 11.5. The number of benzene rings is 1. The van der Waals surface area contributed by atoms with E-state index < -0.39 is 6.04 Å². The second-order valence-corrected chi connectivity index (χ2v) is 4.61. The summed E-state index contributed by atoms with van der Waals surface area (Å²) in [4.78, 5) is 12.0. The Bertz CT molecular complexity index is 610. The molecule has 0 spiro atoms. The van der Waals surface area contributed by atoms with Gasteiger partial charge in [-0.25, -0.2) is 4.68 Å². The minimum Gasteiger partial charge on any atom is -0.323 e. The first-order chi connectivity index (χ1) is 9.63. The number of aromatic nitrogens is 2. The Balaban J connectivity index is 2.31. The molecule has 0 bridgehead atoms. The molecular formula is C14H15ClN4O. The van der Waals surface area contributed by atoms with E-state index >= 15 is 0 Å². The molecule has 20 heavy (non-hydrogen) atoms. The fourth-order valence-corrected chi connectivity index (χ4v) is 2.02. The van der Waals surface area contributed by atoms with Crippen LogP contribution in [0.15, 0.2) is 49.3 Å². The lowest BCUT2D eigenvalue weighted by atomic mass is 10.2. The summed E-state index contributed by atoms with van der Waals surface area (Å²) in [6.45, 7) is 3.57. The normalized spacial score (nSPS) is 11.9. The monoisotopic (exact) mass is 290 g/mol. The molecule has 0 aliphatic heterocycles.